The van der Waals surface area contributed by atoms with Crippen LogP contribution in [-0.2, 0) is 16.1 Å². The van der Waals surface area contributed by atoms with Gasteiger partial charge in [0.05, 0.1) is 18.6 Å². The van der Waals surface area contributed by atoms with E-state index in [0.29, 0.717) is 10.7 Å². The Morgan fingerprint density at radius 1 is 1.19 bits per heavy atom. The number of imide groups is 1. The van der Waals surface area contributed by atoms with Crippen LogP contribution >= 0.6 is 11.8 Å². The van der Waals surface area contributed by atoms with Crippen LogP contribution in [0.3, 0.4) is 0 Å². The number of methoxy groups -OCH3 is 1. The van der Waals surface area contributed by atoms with Gasteiger partial charge in [-0.15, -0.1) is 0 Å². The van der Waals surface area contributed by atoms with E-state index in [2.05, 4.69) is 14.3 Å². The lowest BCUT2D eigenvalue weighted by Crippen LogP contribution is -2.27. The number of ether oxygens (including phenoxy) is 1. The van der Waals surface area contributed by atoms with E-state index in [1.54, 1.807) is 24.5 Å². The number of thioether (sulfide) groups is 1. The Hall–Kier alpha value is -3.59. The molecule has 0 atom stereocenters. The Bertz CT molecular complexity index is 1210. The summed E-state index contributed by atoms with van der Waals surface area (Å²) in [5.74, 6) is -0.687. The summed E-state index contributed by atoms with van der Waals surface area (Å²) in [6.07, 6.45) is 5.17. The molecule has 0 bridgehead atoms. The Labute approximate surface area is 182 Å². The second-order valence-electron chi connectivity index (χ2n) is 6.89. The van der Waals surface area contributed by atoms with E-state index in [9.17, 15) is 14.4 Å². The number of furan rings is 1. The maximum Gasteiger partial charge on any atom is 0.373 e. The highest BCUT2D eigenvalue weighted by atomic mass is 32.2. The summed E-state index contributed by atoms with van der Waals surface area (Å²) < 4.78 is 12.0. The first-order valence-electron chi connectivity index (χ1n) is 9.40. The van der Waals surface area contributed by atoms with Crippen LogP contribution in [0.2, 0.25) is 0 Å². The van der Waals surface area contributed by atoms with Gasteiger partial charge in [0.25, 0.3) is 11.1 Å². The molecule has 0 aliphatic carbocycles. The average molecular weight is 437 g/mol. The number of amides is 2. The summed E-state index contributed by atoms with van der Waals surface area (Å²) in [5, 5.41) is -0.393. The van der Waals surface area contributed by atoms with Gasteiger partial charge in [0, 0.05) is 29.5 Å². The predicted octanol–water partition coefficient (Wildman–Crippen LogP) is 4.11. The zero-order chi connectivity index (χ0) is 22.1. The van der Waals surface area contributed by atoms with Crippen LogP contribution in [0.4, 0.5) is 4.79 Å². The monoisotopic (exact) mass is 437 g/mol. The van der Waals surface area contributed by atoms with Crippen molar-refractivity contribution < 1.29 is 23.5 Å². The maximum absolute atomic E-state index is 12.9. The summed E-state index contributed by atoms with van der Waals surface area (Å²) in [5.41, 5.74) is 3.77. The summed E-state index contributed by atoms with van der Waals surface area (Å²) in [4.78, 5) is 42.3. The Kier molecular flexibility index (Phi) is 5.51. The highest BCUT2D eigenvalue weighted by Crippen LogP contribution is 2.34. The van der Waals surface area contributed by atoms with E-state index >= 15 is 0 Å². The lowest BCUT2D eigenvalue weighted by atomic mass is 10.2. The van der Waals surface area contributed by atoms with Crippen molar-refractivity contribution >= 4 is 35.0 Å². The quantitative estimate of drug-likeness (QED) is 0.438. The molecule has 158 valence electrons. The molecule has 0 radical (unpaired) electrons. The topological polar surface area (TPSA) is 94.6 Å². The number of esters is 1. The van der Waals surface area contributed by atoms with Gasteiger partial charge < -0.3 is 13.7 Å². The average Bonchev–Trinajstić information content (AvgIpc) is 3.42. The smallest absolute Gasteiger partial charge is 0.373 e. The first-order valence-corrected chi connectivity index (χ1v) is 10.2. The Morgan fingerprint density at radius 2 is 1.94 bits per heavy atom. The van der Waals surface area contributed by atoms with Gasteiger partial charge in [0.15, 0.2) is 0 Å². The van der Waals surface area contributed by atoms with Gasteiger partial charge in [0.1, 0.15) is 5.76 Å². The predicted molar refractivity (Wildman–Crippen MR) is 115 cm³/mol. The molecule has 31 heavy (non-hydrogen) atoms. The van der Waals surface area contributed by atoms with Crippen LogP contribution in [0.1, 0.15) is 33.3 Å². The number of rotatable bonds is 5. The molecule has 1 saturated heterocycles. The molecule has 0 spiro atoms. The minimum atomic E-state index is -0.621. The normalized spacial score (nSPS) is 15.2. The zero-order valence-electron chi connectivity index (χ0n) is 17.1. The van der Waals surface area contributed by atoms with E-state index < -0.39 is 17.1 Å². The van der Waals surface area contributed by atoms with Gasteiger partial charge in [-0.3, -0.25) is 19.5 Å². The lowest BCUT2D eigenvalue weighted by Gasteiger charge is -2.10. The molecule has 1 aliphatic rings. The van der Waals surface area contributed by atoms with E-state index in [-0.39, 0.29) is 12.3 Å². The van der Waals surface area contributed by atoms with Crippen molar-refractivity contribution in [1.82, 2.24) is 14.5 Å². The minimum Gasteiger partial charge on any atom is -0.463 e. The molecule has 1 fully saturated rings. The second kappa shape index (κ2) is 8.27. The molecule has 4 heterocycles. The fourth-order valence-electron chi connectivity index (χ4n) is 3.43. The van der Waals surface area contributed by atoms with E-state index in [1.165, 1.54) is 13.2 Å². The molecule has 9 heteroatoms. The molecule has 2 amide bonds. The van der Waals surface area contributed by atoms with E-state index in [1.807, 2.05) is 32.0 Å². The first kappa shape index (κ1) is 20.7. The summed E-state index contributed by atoms with van der Waals surface area (Å²) in [6.45, 7) is 3.88. The van der Waals surface area contributed by atoms with Crippen molar-refractivity contribution in [3.05, 3.63) is 76.1 Å². The number of aromatic nitrogens is 2. The van der Waals surface area contributed by atoms with Crippen LogP contribution in [0.15, 0.2) is 52.0 Å². The fraction of sp³-hybridized carbons (Fsp3) is 0.182. The minimum absolute atomic E-state index is 0.0172. The van der Waals surface area contributed by atoms with Gasteiger partial charge in [-0.05, 0) is 67.6 Å². The van der Waals surface area contributed by atoms with Crippen LogP contribution in [-0.4, -0.2) is 38.7 Å². The third kappa shape index (κ3) is 3.91. The lowest BCUT2D eigenvalue weighted by molar-refractivity contribution is -0.123. The Morgan fingerprint density at radius 3 is 2.65 bits per heavy atom. The van der Waals surface area contributed by atoms with Gasteiger partial charge >= 0.3 is 5.97 Å². The molecule has 1 aliphatic heterocycles. The van der Waals surface area contributed by atoms with Crippen molar-refractivity contribution in [3.63, 3.8) is 0 Å². The summed E-state index contributed by atoms with van der Waals surface area (Å²) in [7, 11) is 1.25. The molecular weight excluding hydrogens is 418 g/mol. The van der Waals surface area contributed by atoms with E-state index in [0.717, 1.165) is 39.3 Å². The largest absolute Gasteiger partial charge is 0.463 e. The van der Waals surface area contributed by atoms with E-state index in [4.69, 9.17) is 4.42 Å². The Balaban J connectivity index is 1.58. The molecule has 3 aromatic rings. The molecule has 0 saturated carbocycles. The highest BCUT2D eigenvalue weighted by molar-refractivity contribution is 8.18. The van der Waals surface area contributed by atoms with Crippen molar-refractivity contribution in [2.45, 2.75) is 20.4 Å². The number of nitrogens with zero attached hydrogens (tertiary/aromatic N) is 3. The maximum atomic E-state index is 12.9. The number of hydrogen-bond acceptors (Lipinski definition) is 7. The zero-order valence-corrected chi connectivity index (χ0v) is 17.9. The van der Waals surface area contributed by atoms with Crippen LogP contribution in [0.25, 0.3) is 11.8 Å². The number of hydrogen-bond donors (Lipinski definition) is 0. The van der Waals surface area contributed by atoms with Gasteiger partial charge in [-0.25, -0.2) is 4.79 Å². The van der Waals surface area contributed by atoms with Crippen LogP contribution in [0.5, 0.6) is 0 Å². The summed E-state index contributed by atoms with van der Waals surface area (Å²) in [6, 6.07) is 8.78. The number of pyridine rings is 1. The fourth-order valence-corrected chi connectivity index (χ4v) is 4.26. The number of carbonyl (C=O) groups excluding carboxylic acids is 3. The van der Waals surface area contributed by atoms with Crippen molar-refractivity contribution in [2.75, 3.05) is 7.11 Å². The van der Waals surface area contributed by atoms with Gasteiger partial charge in [-0.1, -0.05) is 0 Å². The first-order chi connectivity index (χ1) is 14.9. The van der Waals surface area contributed by atoms with Crippen LogP contribution < -0.4 is 0 Å². The molecule has 0 aromatic carbocycles. The molecular formula is C22H19N3O5S. The van der Waals surface area contributed by atoms with Gasteiger partial charge in [-0.2, -0.15) is 0 Å². The molecule has 8 nitrogen and oxygen atoms in total. The third-order valence-electron chi connectivity index (χ3n) is 4.91. The van der Waals surface area contributed by atoms with Crippen molar-refractivity contribution in [3.8, 4) is 5.69 Å². The highest BCUT2D eigenvalue weighted by Gasteiger charge is 2.36. The molecule has 3 aromatic heterocycles. The molecule has 0 N–H and O–H groups in total. The third-order valence-corrected chi connectivity index (χ3v) is 5.82. The SMILES string of the molecule is COC(=O)c1ccc(CN2C(=O)S/C(=C/c3cc(C)n(-c4ccncc4)c3C)C2=O)o1. The standard InChI is InChI=1S/C22H19N3O5S/c1-13-10-15(14(2)25(13)16-6-8-23-9-7-16)11-19-20(26)24(22(28)31-19)12-17-4-5-18(30-17)21(27)29-3/h4-11H,12H2,1-3H3/b19-11+. The number of aryl methyl sites for hydroxylation is 1. The van der Waals surface area contributed by atoms with Gasteiger partial charge in [0.2, 0.25) is 5.76 Å². The van der Waals surface area contributed by atoms with Crippen LogP contribution in [0, 0.1) is 13.8 Å². The molecule has 0 unspecified atom stereocenters. The second-order valence-corrected chi connectivity index (χ2v) is 7.89. The van der Waals surface area contributed by atoms with Crippen molar-refractivity contribution in [1.29, 1.82) is 0 Å². The molecule has 4 rings (SSSR count). The van der Waals surface area contributed by atoms with Crippen molar-refractivity contribution in [2.24, 2.45) is 0 Å². The number of carbonyl (C=O) groups is 3. The summed E-state index contributed by atoms with van der Waals surface area (Å²) >= 11 is 0.879.